The number of fused-ring (bicyclic) bond motifs is 3. The largest absolute Gasteiger partial charge is 0.351 e. The van der Waals surface area contributed by atoms with Crippen molar-refractivity contribution in [3.05, 3.63) is 59.1 Å². The van der Waals surface area contributed by atoms with Crippen LogP contribution in [-0.2, 0) is 17.8 Å². The Kier molecular flexibility index (Phi) is 6.04. The number of rotatable bonds is 6. The van der Waals surface area contributed by atoms with Gasteiger partial charge in [0, 0.05) is 12.6 Å². The normalized spacial score (nSPS) is 25.3. The van der Waals surface area contributed by atoms with Gasteiger partial charge in [-0.15, -0.1) is 11.3 Å². The lowest BCUT2D eigenvalue weighted by Crippen LogP contribution is -2.65. The van der Waals surface area contributed by atoms with Gasteiger partial charge in [-0.3, -0.25) is 9.59 Å². The van der Waals surface area contributed by atoms with Crippen LogP contribution in [0.5, 0.6) is 0 Å². The average molecular weight is 464 g/mol. The second kappa shape index (κ2) is 8.98. The van der Waals surface area contributed by atoms with Gasteiger partial charge in [-0.1, -0.05) is 50.1 Å². The molecule has 2 amide bonds. The Morgan fingerprint density at radius 2 is 1.97 bits per heavy atom. The summed E-state index contributed by atoms with van der Waals surface area (Å²) in [7, 11) is 0. The molecule has 0 bridgehead atoms. The third-order valence-electron chi connectivity index (χ3n) is 7.66. The van der Waals surface area contributed by atoms with Gasteiger partial charge in [0.15, 0.2) is 0 Å². The fraction of sp³-hybridized carbons (Fsp3) is 0.481. The number of hydrogen-bond donors (Lipinski definition) is 1. The first-order chi connectivity index (χ1) is 16.0. The number of benzene rings is 1. The predicted octanol–water partition coefficient (Wildman–Crippen LogP) is 5.25. The molecule has 2 aliphatic rings. The summed E-state index contributed by atoms with van der Waals surface area (Å²) in [4.78, 5) is 29.4. The summed E-state index contributed by atoms with van der Waals surface area (Å²) in [6.45, 7) is 5.25. The fourth-order valence-electron chi connectivity index (χ4n) is 5.56. The van der Waals surface area contributed by atoms with Crippen LogP contribution in [0.1, 0.15) is 62.0 Å². The Bertz CT molecular complexity index is 1150. The summed E-state index contributed by atoms with van der Waals surface area (Å²) >= 11 is 1.64. The van der Waals surface area contributed by atoms with Crippen molar-refractivity contribution < 1.29 is 9.59 Å². The van der Waals surface area contributed by atoms with E-state index >= 15 is 0 Å². The molecule has 3 heterocycles. The van der Waals surface area contributed by atoms with Crippen LogP contribution < -0.4 is 5.32 Å². The zero-order valence-electron chi connectivity index (χ0n) is 19.5. The standard InChI is InChI=1S/C27H33N3O2S/c1-19-9-6-7-13-21(19)28-26(32)27(2)18-29-22-14-16-33-24(22)17-23(29)25(31)30(27)15-8-12-20-10-4-3-5-11-20/h3-5,10-11,14,16-17,19,21H,6-9,12-13,15,18H2,1-2H3,(H,28,32)/t19-,21-,27-/m1/s1. The molecule has 5 nitrogen and oxygen atoms in total. The van der Waals surface area contributed by atoms with Crippen LogP contribution in [-0.4, -0.2) is 39.4 Å². The Morgan fingerprint density at radius 1 is 1.18 bits per heavy atom. The van der Waals surface area contributed by atoms with Crippen LogP contribution in [0, 0.1) is 5.92 Å². The number of carbonyl (C=O) groups excluding carboxylic acids is 2. The van der Waals surface area contributed by atoms with E-state index in [0.717, 1.165) is 42.3 Å². The van der Waals surface area contributed by atoms with Crippen molar-refractivity contribution in [3.63, 3.8) is 0 Å². The number of carbonyl (C=O) groups is 2. The van der Waals surface area contributed by atoms with Gasteiger partial charge in [-0.2, -0.15) is 0 Å². The molecule has 33 heavy (non-hydrogen) atoms. The van der Waals surface area contributed by atoms with Crippen LogP contribution in [0.25, 0.3) is 10.2 Å². The molecule has 5 rings (SSSR count). The summed E-state index contributed by atoms with van der Waals surface area (Å²) in [5.74, 6) is 0.423. The SMILES string of the molecule is C[C@@H]1CCCC[C@H]1NC(=O)[C@@]1(C)Cn2c(cc3sccc32)C(=O)N1CCCc1ccccc1. The molecule has 1 N–H and O–H groups in total. The van der Waals surface area contributed by atoms with Crippen molar-refractivity contribution in [2.24, 2.45) is 5.92 Å². The first-order valence-corrected chi connectivity index (χ1v) is 13.1. The van der Waals surface area contributed by atoms with Gasteiger partial charge in [0.25, 0.3) is 5.91 Å². The van der Waals surface area contributed by atoms with Crippen LogP contribution in [0.2, 0.25) is 0 Å². The monoisotopic (exact) mass is 463 g/mol. The zero-order chi connectivity index (χ0) is 23.0. The van der Waals surface area contributed by atoms with Crippen molar-refractivity contribution in [1.82, 2.24) is 14.8 Å². The molecule has 0 spiro atoms. The van der Waals surface area contributed by atoms with Crippen molar-refractivity contribution in [2.75, 3.05) is 6.54 Å². The van der Waals surface area contributed by atoms with E-state index in [-0.39, 0.29) is 17.9 Å². The average Bonchev–Trinajstić information content (AvgIpc) is 3.41. The molecule has 2 aromatic heterocycles. The van der Waals surface area contributed by atoms with Crippen LogP contribution in [0.4, 0.5) is 0 Å². The molecular weight excluding hydrogens is 430 g/mol. The predicted molar refractivity (Wildman–Crippen MR) is 134 cm³/mol. The van der Waals surface area contributed by atoms with Crippen molar-refractivity contribution in [1.29, 1.82) is 0 Å². The molecule has 1 saturated carbocycles. The molecule has 0 radical (unpaired) electrons. The molecule has 1 aliphatic carbocycles. The molecule has 1 fully saturated rings. The molecule has 1 aliphatic heterocycles. The smallest absolute Gasteiger partial charge is 0.271 e. The first kappa shape index (κ1) is 22.2. The highest BCUT2D eigenvalue weighted by Gasteiger charge is 2.48. The number of aryl methyl sites for hydroxylation is 1. The van der Waals surface area contributed by atoms with E-state index in [0.29, 0.717) is 24.7 Å². The van der Waals surface area contributed by atoms with Gasteiger partial charge in [0.2, 0.25) is 5.91 Å². The van der Waals surface area contributed by atoms with E-state index in [1.807, 2.05) is 36.1 Å². The lowest BCUT2D eigenvalue weighted by atomic mass is 9.85. The maximum Gasteiger partial charge on any atom is 0.271 e. The fourth-order valence-corrected chi connectivity index (χ4v) is 6.39. The van der Waals surface area contributed by atoms with Gasteiger partial charge < -0.3 is 14.8 Å². The summed E-state index contributed by atoms with van der Waals surface area (Å²) < 4.78 is 3.17. The Balaban J connectivity index is 1.43. The van der Waals surface area contributed by atoms with E-state index in [9.17, 15) is 9.59 Å². The Labute approximate surface area is 199 Å². The van der Waals surface area contributed by atoms with E-state index < -0.39 is 5.54 Å². The highest BCUT2D eigenvalue weighted by Crippen LogP contribution is 2.35. The maximum absolute atomic E-state index is 13.8. The number of aromatic nitrogens is 1. The van der Waals surface area contributed by atoms with E-state index in [4.69, 9.17) is 0 Å². The van der Waals surface area contributed by atoms with Gasteiger partial charge >= 0.3 is 0 Å². The lowest BCUT2D eigenvalue weighted by Gasteiger charge is -2.45. The minimum absolute atomic E-state index is 0.0166. The third kappa shape index (κ3) is 4.10. The van der Waals surface area contributed by atoms with Gasteiger partial charge in [0.05, 0.1) is 16.8 Å². The molecule has 6 heteroatoms. The quantitative estimate of drug-likeness (QED) is 0.543. The Morgan fingerprint density at radius 3 is 2.76 bits per heavy atom. The maximum atomic E-state index is 13.8. The number of amides is 2. The van der Waals surface area contributed by atoms with Crippen LogP contribution in [0.15, 0.2) is 47.8 Å². The van der Waals surface area contributed by atoms with E-state index in [1.54, 1.807) is 11.3 Å². The van der Waals surface area contributed by atoms with Crippen molar-refractivity contribution in [3.8, 4) is 0 Å². The summed E-state index contributed by atoms with van der Waals surface area (Å²) in [5.41, 5.74) is 2.10. The molecule has 0 saturated heterocycles. The van der Waals surface area contributed by atoms with Gasteiger partial charge in [-0.05, 0) is 61.6 Å². The lowest BCUT2D eigenvalue weighted by molar-refractivity contribution is -0.134. The second-order valence-corrected chi connectivity index (χ2v) is 10.9. The third-order valence-corrected chi connectivity index (χ3v) is 8.51. The second-order valence-electron chi connectivity index (χ2n) is 9.95. The first-order valence-electron chi connectivity index (χ1n) is 12.2. The van der Waals surface area contributed by atoms with Crippen LogP contribution in [0.3, 0.4) is 0 Å². The molecule has 0 unspecified atom stereocenters. The number of nitrogens with one attached hydrogen (secondary N) is 1. The zero-order valence-corrected chi connectivity index (χ0v) is 20.4. The minimum atomic E-state index is -0.911. The summed E-state index contributed by atoms with van der Waals surface area (Å²) in [5, 5.41) is 5.41. The number of thiophene rings is 1. The highest BCUT2D eigenvalue weighted by molar-refractivity contribution is 7.17. The molecule has 1 aromatic carbocycles. The van der Waals surface area contributed by atoms with Crippen molar-refractivity contribution >= 4 is 33.4 Å². The van der Waals surface area contributed by atoms with E-state index in [2.05, 4.69) is 40.4 Å². The summed E-state index contributed by atoms with van der Waals surface area (Å²) in [6.07, 6.45) is 6.28. The highest BCUT2D eigenvalue weighted by atomic mass is 32.1. The molecular formula is C27H33N3O2S. The number of nitrogens with zero attached hydrogens (tertiary/aromatic N) is 2. The van der Waals surface area contributed by atoms with E-state index in [1.165, 1.54) is 12.0 Å². The molecule has 174 valence electrons. The van der Waals surface area contributed by atoms with Crippen LogP contribution >= 0.6 is 11.3 Å². The van der Waals surface area contributed by atoms with Gasteiger partial charge in [0.1, 0.15) is 11.2 Å². The summed E-state index contributed by atoms with van der Waals surface area (Å²) in [6, 6.07) is 14.6. The number of hydrogen-bond acceptors (Lipinski definition) is 3. The van der Waals surface area contributed by atoms with Gasteiger partial charge in [-0.25, -0.2) is 0 Å². The molecule has 3 aromatic rings. The minimum Gasteiger partial charge on any atom is -0.351 e. The topological polar surface area (TPSA) is 54.3 Å². The van der Waals surface area contributed by atoms with Crippen molar-refractivity contribution in [2.45, 2.75) is 70.5 Å². The Hall–Kier alpha value is -2.60. The molecule has 3 atom stereocenters.